The molecular weight excluding hydrogens is 382 g/mol. The molecule has 152 valence electrons. The Labute approximate surface area is 175 Å². The van der Waals surface area contributed by atoms with E-state index in [1.807, 2.05) is 48.7 Å². The number of carbonyl (C=O) groups is 1. The number of aliphatic hydroxyl groups excluding tert-OH is 1. The van der Waals surface area contributed by atoms with Crippen LogP contribution in [-0.2, 0) is 11.2 Å². The van der Waals surface area contributed by atoms with Crippen molar-refractivity contribution in [3.8, 4) is 11.3 Å². The highest BCUT2D eigenvalue weighted by Crippen LogP contribution is 2.26. The molecule has 3 rings (SSSR count). The minimum absolute atomic E-state index is 0.222. The Kier molecular flexibility index (Phi) is 7.38. The Morgan fingerprint density at radius 3 is 2.69 bits per heavy atom. The van der Waals surface area contributed by atoms with Crippen LogP contribution in [0.15, 0.2) is 60.0 Å². The van der Waals surface area contributed by atoms with Crippen LogP contribution in [0.1, 0.15) is 24.5 Å². The van der Waals surface area contributed by atoms with E-state index in [2.05, 4.69) is 33.8 Å². The molecule has 0 saturated carbocycles. The highest BCUT2D eigenvalue weighted by atomic mass is 32.1. The zero-order valence-electron chi connectivity index (χ0n) is 16.8. The van der Waals surface area contributed by atoms with Crippen molar-refractivity contribution in [3.63, 3.8) is 0 Å². The van der Waals surface area contributed by atoms with Crippen LogP contribution in [0.5, 0.6) is 0 Å². The van der Waals surface area contributed by atoms with Crippen molar-refractivity contribution in [1.29, 1.82) is 0 Å². The van der Waals surface area contributed by atoms with Gasteiger partial charge in [0.25, 0.3) is 0 Å². The summed E-state index contributed by atoms with van der Waals surface area (Å²) in [6.45, 7) is 4.21. The van der Waals surface area contributed by atoms with Gasteiger partial charge < -0.3 is 15.7 Å². The molecule has 1 amide bonds. The first kappa shape index (κ1) is 21.0. The normalized spacial score (nSPS) is 12.9. The summed E-state index contributed by atoms with van der Waals surface area (Å²) in [6.07, 6.45) is 0.910. The lowest BCUT2D eigenvalue weighted by atomic mass is 10.1. The van der Waals surface area contributed by atoms with Crippen molar-refractivity contribution in [2.24, 2.45) is 0 Å². The third kappa shape index (κ3) is 6.14. The first-order chi connectivity index (χ1) is 14.0. The van der Waals surface area contributed by atoms with Crippen LogP contribution >= 0.6 is 11.3 Å². The molecule has 0 fully saturated rings. The third-order valence-corrected chi connectivity index (χ3v) is 5.42. The summed E-state index contributed by atoms with van der Waals surface area (Å²) in [6, 6.07) is 17.6. The summed E-state index contributed by atoms with van der Waals surface area (Å²) in [4.78, 5) is 17.1. The fraction of sp³-hybridized carbons (Fsp3) is 0.304. The number of hydrogen-bond acceptors (Lipinski definition) is 5. The third-order valence-electron chi connectivity index (χ3n) is 4.65. The number of hydrogen-bond donors (Lipinski definition) is 3. The van der Waals surface area contributed by atoms with E-state index in [1.165, 1.54) is 22.5 Å². The van der Waals surface area contributed by atoms with Gasteiger partial charge in [-0.2, -0.15) is 0 Å². The van der Waals surface area contributed by atoms with Gasteiger partial charge in [-0.1, -0.05) is 54.1 Å². The second-order valence-corrected chi connectivity index (χ2v) is 8.01. The van der Waals surface area contributed by atoms with Gasteiger partial charge in [-0.3, -0.25) is 4.79 Å². The van der Waals surface area contributed by atoms with Gasteiger partial charge in [0.15, 0.2) is 5.13 Å². The largest absolute Gasteiger partial charge is 0.391 e. The molecule has 3 N–H and O–H groups in total. The molecule has 5 nitrogen and oxygen atoms in total. The van der Waals surface area contributed by atoms with E-state index < -0.39 is 12.1 Å². The summed E-state index contributed by atoms with van der Waals surface area (Å²) < 4.78 is 0. The summed E-state index contributed by atoms with van der Waals surface area (Å²) in [7, 11) is 0. The van der Waals surface area contributed by atoms with E-state index in [9.17, 15) is 9.90 Å². The van der Waals surface area contributed by atoms with E-state index in [0.29, 0.717) is 11.7 Å². The maximum absolute atomic E-state index is 12.6. The number of nitrogens with zero attached hydrogens (tertiary/aromatic N) is 1. The Bertz CT molecular complexity index is 925. The summed E-state index contributed by atoms with van der Waals surface area (Å²) in [5.41, 5.74) is 4.31. The number of aliphatic hydroxyl groups is 1. The van der Waals surface area contributed by atoms with Crippen LogP contribution in [0, 0.1) is 6.92 Å². The van der Waals surface area contributed by atoms with E-state index >= 15 is 0 Å². The van der Waals surface area contributed by atoms with E-state index in [4.69, 9.17) is 0 Å². The monoisotopic (exact) mass is 409 g/mol. The topological polar surface area (TPSA) is 74.2 Å². The first-order valence-corrected chi connectivity index (χ1v) is 10.7. The predicted molar refractivity (Wildman–Crippen MR) is 119 cm³/mol. The molecule has 2 atom stereocenters. The van der Waals surface area contributed by atoms with Crippen molar-refractivity contribution >= 4 is 22.4 Å². The van der Waals surface area contributed by atoms with E-state index in [0.717, 1.165) is 24.1 Å². The zero-order valence-corrected chi connectivity index (χ0v) is 17.6. The molecule has 0 radical (unpaired) electrons. The number of amides is 1. The number of anilines is 1. The van der Waals surface area contributed by atoms with Gasteiger partial charge in [-0.25, -0.2) is 4.98 Å². The minimum Gasteiger partial charge on any atom is -0.391 e. The van der Waals surface area contributed by atoms with Gasteiger partial charge in [0.2, 0.25) is 5.91 Å². The molecule has 0 unspecified atom stereocenters. The lowest BCUT2D eigenvalue weighted by molar-refractivity contribution is -0.123. The van der Waals surface area contributed by atoms with Crippen molar-refractivity contribution in [2.45, 2.75) is 38.8 Å². The average molecular weight is 410 g/mol. The zero-order chi connectivity index (χ0) is 20.6. The highest BCUT2D eigenvalue weighted by molar-refractivity contribution is 7.14. The maximum Gasteiger partial charge on any atom is 0.245 e. The quantitative estimate of drug-likeness (QED) is 0.467. The molecule has 0 saturated heterocycles. The first-order valence-electron chi connectivity index (χ1n) is 9.82. The van der Waals surface area contributed by atoms with Gasteiger partial charge in [0.05, 0.1) is 11.8 Å². The van der Waals surface area contributed by atoms with Crippen molar-refractivity contribution in [3.05, 3.63) is 71.1 Å². The van der Waals surface area contributed by atoms with Crippen LogP contribution in [-0.4, -0.2) is 34.7 Å². The Morgan fingerprint density at radius 2 is 1.97 bits per heavy atom. The average Bonchev–Trinajstić information content (AvgIpc) is 3.19. The van der Waals surface area contributed by atoms with Crippen LogP contribution in [0.25, 0.3) is 11.3 Å². The van der Waals surface area contributed by atoms with Crippen LogP contribution in [0.2, 0.25) is 0 Å². The molecule has 0 aliphatic heterocycles. The molecule has 0 aliphatic carbocycles. The molecule has 1 aromatic heterocycles. The molecule has 29 heavy (non-hydrogen) atoms. The molecular formula is C23H27N3O2S. The van der Waals surface area contributed by atoms with Crippen LogP contribution < -0.4 is 10.6 Å². The molecule has 2 aromatic carbocycles. The number of carbonyl (C=O) groups excluding carboxylic acids is 1. The number of benzene rings is 2. The number of nitrogens with one attached hydrogen (secondary N) is 2. The Hall–Kier alpha value is -2.70. The van der Waals surface area contributed by atoms with Gasteiger partial charge in [0, 0.05) is 17.5 Å². The molecule has 3 aromatic rings. The van der Waals surface area contributed by atoms with Gasteiger partial charge in [0.1, 0.15) is 6.04 Å². The lowest BCUT2D eigenvalue weighted by Crippen LogP contribution is -2.46. The lowest BCUT2D eigenvalue weighted by Gasteiger charge is -2.20. The van der Waals surface area contributed by atoms with Gasteiger partial charge >= 0.3 is 0 Å². The van der Waals surface area contributed by atoms with E-state index in [1.54, 1.807) is 6.92 Å². The predicted octanol–water partition coefficient (Wildman–Crippen LogP) is 4.03. The van der Waals surface area contributed by atoms with E-state index in [-0.39, 0.29) is 5.91 Å². The highest BCUT2D eigenvalue weighted by Gasteiger charge is 2.24. The fourth-order valence-electron chi connectivity index (χ4n) is 3.07. The summed E-state index contributed by atoms with van der Waals surface area (Å²) in [5, 5.41) is 18.7. The second kappa shape index (κ2) is 10.2. The van der Waals surface area contributed by atoms with Crippen molar-refractivity contribution in [2.75, 3.05) is 11.9 Å². The summed E-state index contributed by atoms with van der Waals surface area (Å²) in [5.74, 6) is -0.222. The van der Waals surface area contributed by atoms with Gasteiger partial charge in [-0.05, 0) is 38.3 Å². The fourth-order valence-corrected chi connectivity index (χ4v) is 3.83. The van der Waals surface area contributed by atoms with Crippen molar-refractivity contribution < 1.29 is 9.90 Å². The number of aryl methyl sites for hydroxylation is 2. The molecule has 6 heteroatoms. The number of rotatable bonds is 9. The molecule has 0 aliphatic rings. The van der Waals surface area contributed by atoms with Crippen LogP contribution in [0.4, 0.5) is 5.13 Å². The van der Waals surface area contributed by atoms with Gasteiger partial charge in [-0.15, -0.1) is 11.3 Å². The summed E-state index contributed by atoms with van der Waals surface area (Å²) >= 11 is 1.43. The Morgan fingerprint density at radius 1 is 1.17 bits per heavy atom. The second-order valence-electron chi connectivity index (χ2n) is 7.15. The smallest absolute Gasteiger partial charge is 0.245 e. The Balaban J connectivity index is 1.55. The maximum atomic E-state index is 12.6. The van der Waals surface area contributed by atoms with Crippen LogP contribution in [0.3, 0.4) is 0 Å². The molecule has 1 heterocycles. The van der Waals surface area contributed by atoms with Crippen molar-refractivity contribution in [1.82, 2.24) is 10.3 Å². The minimum atomic E-state index is -0.838. The number of thiazole rings is 1. The molecule has 0 bridgehead atoms. The standard InChI is InChI=1S/C23H27N3O2S/c1-16-8-6-12-19(14-16)20-15-29-23(25-20)26-21(17(2)27)22(28)24-13-7-11-18-9-4-3-5-10-18/h3-6,8-10,12,14-15,17,21,27H,7,11,13H2,1-2H3,(H,24,28)(H,25,26)/t17-,21+/m1/s1. The number of aromatic nitrogens is 1. The molecule has 0 spiro atoms. The SMILES string of the molecule is Cc1cccc(-c2csc(N[C@H](C(=O)NCCCc3ccccc3)[C@@H](C)O)n2)c1.